The van der Waals surface area contributed by atoms with Crippen LogP contribution >= 0.6 is 0 Å². The van der Waals surface area contributed by atoms with Crippen molar-refractivity contribution >= 4 is 18.7 Å². The van der Waals surface area contributed by atoms with Crippen LogP contribution in [-0.4, -0.2) is 54.2 Å². The highest BCUT2D eigenvalue weighted by Crippen LogP contribution is 2.36. The van der Waals surface area contributed by atoms with Gasteiger partial charge in [0.2, 0.25) is 0 Å². The Balaban J connectivity index is 1.86. The zero-order valence-corrected chi connectivity index (χ0v) is 14.9. The van der Waals surface area contributed by atoms with E-state index in [9.17, 15) is 14.3 Å². The molecule has 8 heteroatoms. The Bertz CT molecular complexity index is 665. The summed E-state index contributed by atoms with van der Waals surface area (Å²) in [5, 5.41) is 9.31. The predicted octanol–water partition coefficient (Wildman–Crippen LogP) is 2.18. The predicted molar refractivity (Wildman–Crippen MR) is 90.4 cm³/mol. The number of morpholine rings is 1. The molecule has 1 amide bonds. The van der Waals surface area contributed by atoms with Crippen molar-refractivity contribution in [2.45, 2.75) is 44.9 Å². The number of hydrogen-bond acceptors (Lipinski definition) is 4. The van der Waals surface area contributed by atoms with E-state index >= 15 is 0 Å². The summed E-state index contributed by atoms with van der Waals surface area (Å²) >= 11 is 0. The van der Waals surface area contributed by atoms with E-state index < -0.39 is 36.3 Å². The molecule has 1 atom stereocenters. The molecule has 0 spiro atoms. The molecule has 3 rings (SSSR count). The third kappa shape index (κ3) is 3.26. The second-order valence-electron chi connectivity index (χ2n) is 7.44. The summed E-state index contributed by atoms with van der Waals surface area (Å²) in [5.41, 5.74) is -0.158. The number of halogens is 1. The van der Waals surface area contributed by atoms with Crippen LogP contribution in [0.2, 0.25) is 0 Å². The quantitative estimate of drug-likeness (QED) is 0.828. The lowest BCUT2D eigenvalue weighted by Crippen LogP contribution is -2.43. The van der Waals surface area contributed by atoms with E-state index in [-0.39, 0.29) is 13.2 Å². The molecule has 0 radical (unpaired) electrons. The first-order chi connectivity index (χ1) is 11.6. The van der Waals surface area contributed by atoms with Crippen LogP contribution in [0, 0.1) is 5.82 Å². The lowest BCUT2D eigenvalue weighted by molar-refractivity contribution is -0.00196. The lowest BCUT2D eigenvalue weighted by atomic mass is 9.78. The summed E-state index contributed by atoms with van der Waals surface area (Å²) in [6, 6.07) is 4.00. The Kier molecular flexibility index (Phi) is 4.55. The van der Waals surface area contributed by atoms with E-state index in [1.165, 1.54) is 11.0 Å². The Hall–Kier alpha value is -1.64. The van der Waals surface area contributed by atoms with E-state index in [0.717, 1.165) is 0 Å². The highest BCUT2D eigenvalue weighted by Gasteiger charge is 2.51. The Labute approximate surface area is 147 Å². The van der Waals surface area contributed by atoms with Gasteiger partial charge in [-0.25, -0.2) is 9.18 Å². The van der Waals surface area contributed by atoms with E-state index in [0.29, 0.717) is 17.6 Å². The average Bonchev–Trinajstić information content (AvgIpc) is 2.75. The van der Waals surface area contributed by atoms with Crippen molar-refractivity contribution < 1.29 is 28.3 Å². The molecular formula is C17H23BFNO5. The highest BCUT2D eigenvalue weighted by atomic mass is 19.1. The van der Waals surface area contributed by atoms with Crippen LogP contribution in [0.25, 0.3) is 0 Å². The van der Waals surface area contributed by atoms with Gasteiger partial charge >= 0.3 is 13.2 Å². The number of rotatable bonds is 2. The zero-order chi connectivity index (χ0) is 18.4. The number of benzene rings is 1. The number of hydrogen-bond donors (Lipinski definition) is 1. The summed E-state index contributed by atoms with van der Waals surface area (Å²) < 4.78 is 31.9. The van der Waals surface area contributed by atoms with E-state index in [1.807, 2.05) is 27.7 Å². The summed E-state index contributed by atoms with van der Waals surface area (Å²) in [5.74, 6) is -0.492. The van der Waals surface area contributed by atoms with Gasteiger partial charge in [0.05, 0.1) is 30.5 Å². The maximum atomic E-state index is 14.7. The first-order valence-electron chi connectivity index (χ1n) is 8.35. The van der Waals surface area contributed by atoms with Crippen molar-refractivity contribution in [2.75, 3.05) is 19.8 Å². The molecule has 25 heavy (non-hydrogen) atoms. The van der Waals surface area contributed by atoms with Crippen molar-refractivity contribution in [1.82, 2.24) is 4.90 Å². The van der Waals surface area contributed by atoms with Gasteiger partial charge < -0.3 is 19.2 Å². The molecule has 1 unspecified atom stereocenters. The maximum absolute atomic E-state index is 14.7. The van der Waals surface area contributed by atoms with E-state index in [1.54, 1.807) is 12.1 Å². The van der Waals surface area contributed by atoms with Gasteiger partial charge in [0.15, 0.2) is 0 Å². The van der Waals surface area contributed by atoms with Crippen LogP contribution in [0.15, 0.2) is 18.2 Å². The van der Waals surface area contributed by atoms with Gasteiger partial charge in [0.25, 0.3) is 0 Å². The number of nitrogens with zero attached hydrogens (tertiary/aromatic N) is 1. The lowest BCUT2D eigenvalue weighted by Gasteiger charge is -2.33. The van der Waals surface area contributed by atoms with Gasteiger partial charge in [0.1, 0.15) is 5.82 Å². The van der Waals surface area contributed by atoms with Gasteiger partial charge in [-0.05, 0) is 39.2 Å². The van der Waals surface area contributed by atoms with Crippen molar-refractivity contribution in [3.63, 3.8) is 0 Å². The fourth-order valence-corrected chi connectivity index (χ4v) is 3.03. The third-order valence-electron chi connectivity index (χ3n) is 5.28. The van der Waals surface area contributed by atoms with Gasteiger partial charge in [-0.1, -0.05) is 12.1 Å². The van der Waals surface area contributed by atoms with Crippen LogP contribution in [-0.2, 0) is 14.0 Å². The number of ether oxygens (including phenoxy) is 1. The van der Waals surface area contributed by atoms with Crippen molar-refractivity contribution in [3.8, 4) is 0 Å². The zero-order valence-electron chi connectivity index (χ0n) is 14.9. The van der Waals surface area contributed by atoms with E-state index in [4.69, 9.17) is 14.0 Å². The van der Waals surface area contributed by atoms with Crippen LogP contribution in [0.3, 0.4) is 0 Å². The Morgan fingerprint density at radius 1 is 1.28 bits per heavy atom. The second kappa shape index (κ2) is 6.27. The molecule has 2 heterocycles. The summed E-state index contributed by atoms with van der Waals surface area (Å²) in [4.78, 5) is 12.6. The Morgan fingerprint density at radius 3 is 2.48 bits per heavy atom. The minimum absolute atomic E-state index is 0.138. The Morgan fingerprint density at radius 2 is 1.92 bits per heavy atom. The van der Waals surface area contributed by atoms with E-state index in [2.05, 4.69) is 0 Å². The smallest absolute Gasteiger partial charge is 0.465 e. The van der Waals surface area contributed by atoms with Crippen LogP contribution in [0.1, 0.15) is 39.3 Å². The SMILES string of the molecule is CC1(C)OB(c2ccc(C3COCCN3C(=O)O)c(F)c2)OC1(C)C. The summed E-state index contributed by atoms with van der Waals surface area (Å²) in [7, 11) is -0.660. The minimum Gasteiger partial charge on any atom is -0.465 e. The molecule has 2 aliphatic heterocycles. The summed E-state index contributed by atoms with van der Waals surface area (Å²) in [6.45, 7) is 8.40. The number of carbonyl (C=O) groups is 1. The standard InChI is InChI=1S/C17H23BFNO5/c1-16(2)17(3,4)25-18(24-16)11-5-6-12(13(19)9-11)14-10-23-8-7-20(14)15(21)22/h5-6,9,14H,7-8,10H2,1-4H3,(H,21,22). The average molecular weight is 351 g/mol. The van der Waals surface area contributed by atoms with Crippen LogP contribution < -0.4 is 5.46 Å². The number of amides is 1. The summed E-state index contributed by atoms with van der Waals surface area (Å²) in [6.07, 6.45) is -1.08. The first kappa shape index (κ1) is 18.2. The fraction of sp³-hybridized carbons (Fsp3) is 0.588. The largest absolute Gasteiger partial charge is 0.494 e. The maximum Gasteiger partial charge on any atom is 0.494 e. The molecule has 136 valence electrons. The molecular weight excluding hydrogens is 328 g/mol. The molecule has 0 saturated carbocycles. The second-order valence-corrected chi connectivity index (χ2v) is 7.44. The van der Waals surface area contributed by atoms with Crippen LogP contribution in [0.5, 0.6) is 0 Å². The monoisotopic (exact) mass is 351 g/mol. The van der Waals surface area contributed by atoms with Gasteiger partial charge in [-0.2, -0.15) is 0 Å². The van der Waals surface area contributed by atoms with Crippen molar-refractivity contribution in [2.24, 2.45) is 0 Å². The van der Waals surface area contributed by atoms with Crippen molar-refractivity contribution in [3.05, 3.63) is 29.6 Å². The highest BCUT2D eigenvalue weighted by molar-refractivity contribution is 6.62. The molecule has 0 aromatic heterocycles. The fourth-order valence-electron chi connectivity index (χ4n) is 3.03. The molecule has 2 saturated heterocycles. The minimum atomic E-state index is -1.08. The van der Waals surface area contributed by atoms with Gasteiger partial charge in [0, 0.05) is 12.1 Å². The molecule has 1 N–H and O–H groups in total. The van der Waals surface area contributed by atoms with Gasteiger partial charge in [-0.15, -0.1) is 0 Å². The molecule has 0 aliphatic carbocycles. The third-order valence-corrected chi connectivity index (χ3v) is 5.28. The molecule has 6 nitrogen and oxygen atoms in total. The van der Waals surface area contributed by atoms with Gasteiger partial charge in [-0.3, -0.25) is 4.90 Å². The first-order valence-corrected chi connectivity index (χ1v) is 8.35. The number of carboxylic acid groups (broad SMARTS) is 1. The molecule has 0 bridgehead atoms. The van der Waals surface area contributed by atoms with Crippen LogP contribution in [0.4, 0.5) is 9.18 Å². The molecule has 2 aliphatic rings. The molecule has 1 aromatic rings. The normalized spacial score (nSPS) is 25.2. The molecule has 2 fully saturated rings. The van der Waals surface area contributed by atoms with Crippen molar-refractivity contribution in [1.29, 1.82) is 0 Å². The topological polar surface area (TPSA) is 68.2 Å². The molecule has 1 aromatic carbocycles.